The Labute approximate surface area is 126 Å². The Kier molecular flexibility index (Phi) is 5.40. The third-order valence-electron chi connectivity index (χ3n) is 4.03. The van der Waals surface area contributed by atoms with E-state index in [0.29, 0.717) is 23.9 Å². The fraction of sp³-hybridized carbons (Fsp3) is 0.500. The fourth-order valence-electron chi connectivity index (χ4n) is 2.71. The van der Waals surface area contributed by atoms with Crippen molar-refractivity contribution in [3.8, 4) is 11.8 Å². The Hall–Kier alpha value is -1.35. The van der Waals surface area contributed by atoms with Crippen LogP contribution in [0.1, 0.15) is 31.7 Å². The Morgan fingerprint density at radius 3 is 2.86 bits per heavy atom. The van der Waals surface area contributed by atoms with Gasteiger partial charge in [-0.25, -0.2) is 13.1 Å². The third kappa shape index (κ3) is 4.31. The highest BCUT2D eigenvalue weighted by Crippen LogP contribution is 2.30. The van der Waals surface area contributed by atoms with Gasteiger partial charge < -0.3 is 5.11 Å². The molecule has 2 atom stereocenters. The molecule has 0 heterocycles. The SMILES string of the molecule is CC1CCCC1CNS(=O)(=O)c1cccc(C#CCO)c1. The van der Waals surface area contributed by atoms with Gasteiger partial charge in [0.1, 0.15) is 6.61 Å². The molecule has 2 unspecified atom stereocenters. The summed E-state index contributed by atoms with van der Waals surface area (Å²) in [5.41, 5.74) is 0.584. The molecular weight excluding hydrogens is 286 g/mol. The molecule has 2 rings (SSSR count). The lowest BCUT2D eigenvalue weighted by molar-refractivity contribution is 0.350. The van der Waals surface area contributed by atoms with Gasteiger partial charge in [-0.05, 0) is 36.5 Å². The minimum atomic E-state index is -3.50. The van der Waals surface area contributed by atoms with Gasteiger partial charge in [0.05, 0.1) is 4.90 Å². The van der Waals surface area contributed by atoms with Gasteiger partial charge in [-0.2, -0.15) is 0 Å². The third-order valence-corrected chi connectivity index (χ3v) is 5.45. The molecule has 1 aliphatic rings. The first-order valence-corrected chi connectivity index (χ1v) is 8.70. The Morgan fingerprint density at radius 1 is 1.38 bits per heavy atom. The van der Waals surface area contributed by atoms with Crippen LogP contribution in [0.2, 0.25) is 0 Å². The first-order valence-electron chi connectivity index (χ1n) is 7.22. The van der Waals surface area contributed by atoms with E-state index in [9.17, 15) is 8.42 Å². The van der Waals surface area contributed by atoms with Crippen LogP contribution in [-0.4, -0.2) is 26.7 Å². The number of hydrogen-bond donors (Lipinski definition) is 2. The molecule has 1 aromatic carbocycles. The minimum absolute atomic E-state index is 0.220. The molecule has 1 fully saturated rings. The van der Waals surface area contributed by atoms with Crippen LogP contribution < -0.4 is 4.72 Å². The van der Waals surface area contributed by atoms with Crippen molar-refractivity contribution in [3.63, 3.8) is 0 Å². The van der Waals surface area contributed by atoms with E-state index in [1.165, 1.54) is 18.9 Å². The highest BCUT2D eigenvalue weighted by atomic mass is 32.2. The number of rotatable bonds is 4. The van der Waals surface area contributed by atoms with Crippen LogP contribution in [0.5, 0.6) is 0 Å². The average Bonchev–Trinajstić information content (AvgIpc) is 2.89. The zero-order valence-electron chi connectivity index (χ0n) is 12.2. The van der Waals surface area contributed by atoms with E-state index in [1.54, 1.807) is 18.2 Å². The Morgan fingerprint density at radius 2 is 2.19 bits per heavy atom. The summed E-state index contributed by atoms with van der Waals surface area (Å²) in [5.74, 6) is 6.24. The smallest absolute Gasteiger partial charge is 0.240 e. The molecule has 1 saturated carbocycles. The van der Waals surface area contributed by atoms with Gasteiger partial charge in [-0.15, -0.1) is 0 Å². The predicted molar refractivity (Wildman–Crippen MR) is 82.1 cm³/mol. The molecule has 0 saturated heterocycles. The molecular formula is C16H21NO3S. The second kappa shape index (κ2) is 7.08. The molecule has 114 valence electrons. The largest absolute Gasteiger partial charge is 0.384 e. The quantitative estimate of drug-likeness (QED) is 0.833. The van der Waals surface area contributed by atoms with Crippen LogP contribution in [0.3, 0.4) is 0 Å². The van der Waals surface area contributed by atoms with Crippen LogP contribution >= 0.6 is 0 Å². The Balaban J connectivity index is 2.08. The molecule has 21 heavy (non-hydrogen) atoms. The molecule has 5 heteroatoms. The van der Waals surface area contributed by atoms with Gasteiger partial charge in [0, 0.05) is 12.1 Å². The summed E-state index contributed by atoms with van der Waals surface area (Å²) in [6, 6.07) is 6.47. The number of sulfonamides is 1. The minimum Gasteiger partial charge on any atom is -0.384 e. The van der Waals surface area contributed by atoms with Crippen molar-refractivity contribution in [3.05, 3.63) is 29.8 Å². The standard InChI is InChI=1S/C16H21NO3S/c1-13-5-2-8-15(13)12-17-21(19,20)16-9-3-6-14(11-16)7-4-10-18/h3,6,9,11,13,15,17-18H,2,5,8,10,12H2,1H3. The van der Waals surface area contributed by atoms with Crippen molar-refractivity contribution in [1.82, 2.24) is 4.72 Å². The highest BCUT2D eigenvalue weighted by molar-refractivity contribution is 7.89. The van der Waals surface area contributed by atoms with Crippen LogP contribution in [0.15, 0.2) is 29.2 Å². The molecule has 0 amide bonds. The van der Waals surface area contributed by atoms with Gasteiger partial charge in [0.2, 0.25) is 10.0 Å². The lowest BCUT2D eigenvalue weighted by Gasteiger charge is -2.16. The number of hydrogen-bond acceptors (Lipinski definition) is 3. The first-order chi connectivity index (χ1) is 10.0. The molecule has 1 aromatic rings. The first kappa shape index (κ1) is 16.0. The van der Waals surface area contributed by atoms with Gasteiger partial charge >= 0.3 is 0 Å². The summed E-state index contributed by atoms with van der Waals surface area (Å²) in [6.45, 7) is 2.43. The van der Waals surface area contributed by atoms with Crippen molar-refractivity contribution < 1.29 is 13.5 Å². The number of benzene rings is 1. The van der Waals surface area contributed by atoms with Crippen molar-refractivity contribution >= 4 is 10.0 Å². The predicted octanol–water partition coefficient (Wildman–Crippen LogP) is 1.74. The number of aliphatic hydroxyl groups excluding tert-OH is 1. The normalized spacial score (nSPS) is 21.8. The van der Waals surface area contributed by atoms with E-state index in [0.717, 1.165) is 6.42 Å². The van der Waals surface area contributed by atoms with Gasteiger partial charge in [-0.3, -0.25) is 0 Å². The summed E-state index contributed by atoms with van der Waals surface area (Å²) in [7, 11) is -3.50. The molecule has 0 radical (unpaired) electrons. The highest BCUT2D eigenvalue weighted by Gasteiger charge is 2.25. The molecule has 4 nitrogen and oxygen atoms in total. The van der Waals surface area contributed by atoms with E-state index in [1.807, 2.05) is 0 Å². The van der Waals surface area contributed by atoms with Crippen molar-refractivity contribution in [1.29, 1.82) is 0 Å². The number of aliphatic hydroxyl groups is 1. The van der Waals surface area contributed by atoms with E-state index in [2.05, 4.69) is 23.5 Å². The molecule has 0 aliphatic heterocycles. The molecule has 2 N–H and O–H groups in total. The zero-order valence-corrected chi connectivity index (χ0v) is 13.0. The van der Waals surface area contributed by atoms with Crippen LogP contribution in [0, 0.1) is 23.7 Å². The maximum absolute atomic E-state index is 12.3. The van der Waals surface area contributed by atoms with Crippen LogP contribution in [-0.2, 0) is 10.0 Å². The zero-order chi connectivity index (χ0) is 15.3. The summed E-state index contributed by atoms with van der Waals surface area (Å²) in [6.07, 6.45) is 3.45. The lowest BCUT2D eigenvalue weighted by atomic mass is 9.99. The molecule has 0 aromatic heterocycles. The summed E-state index contributed by atoms with van der Waals surface area (Å²) < 4.78 is 27.3. The molecule has 0 bridgehead atoms. The second-order valence-electron chi connectivity index (χ2n) is 5.51. The van der Waals surface area contributed by atoms with Crippen molar-refractivity contribution in [2.24, 2.45) is 11.8 Å². The molecule has 1 aliphatic carbocycles. The maximum Gasteiger partial charge on any atom is 0.240 e. The van der Waals surface area contributed by atoms with Gasteiger partial charge in [-0.1, -0.05) is 37.7 Å². The number of nitrogens with one attached hydrogen (secondary N) is 1. The van der Waals surface area contributed by atoms with Gasteiger partial charge in [0.15, 0.2) is 0 Å². The van der Waals surface area contributed by atoms with E-state index in [4.69, 9.17) is 5.11 Å². The molecule has 0 spiro atoms. The van der Waals surface area contributed by atoms with Gasteiger partial charge in [0.25, 0.3) is 0 Å². The van der Waals surface area contributed by atoms with Crippen molar-refractivity contribution in [2.45, 2.75) is 31.1 Å². The van der Waals surface area contributed by atoms with E-state index >= 15 is 0 Å². The maximum atomic E-state index is 12.3. The Bertz CT molecular complexity index is 643. The average molecular weight is 307 g/mol. The van der Waals surface area contributed by atoms with Crippen LogP contribution in [0.4, 0.5) is 0 Å². The second-order valence-corrected chi connectivity index (χ2v) is 7.27. The van der Waals surface area contributed by atoms with E-state index < -0.39 is 10.0 Å². The summed E-state index contributed by atoms with van der Waals surface area (Å²) in [4.78, 5) is 0.220. The summed E-state index contributed by atoms with van der Waals surface area (Å²) in [5, 5.41) is 8.68. The van der Waals surface area contributed by atoms with Crippen LogP contribution in [0.25, 0.3) is 0 Å². The summed E-state index contributed by atoms with van der Waals surface area (Å²) >= 11 is 0. The van der Waals surface area contributed by atoms with E-state index in [-0.39, 0.29) is 11.5 Å². The monoisotopic (exact) mass is 307 g/mol. The fourth-order valence-corrected chi connectivity index (χ4v) is 3.85. The van der Waals surface area contributed by atoms with Crippen molar-refractivity contribution in [2.75, 3.05) is 13.2 Å². The topological polar surface area (TPSA) is 66.4 Å². The lowest BCUT2D eigenvalue weighted by Crippen LogP contribution is -2.30.